The molecule has 1 aromatic heterocycles. The van der Waals surface area contributed by atoms with Gasteiger partial charge in [-0.25, -0.2) is 5.43 Å². The molecule has 0 bridgehead atoms. The molecule has 0 spiro atoms. The van der Waals surface area contributed by atoms with Crippen LogP contribution in [0.4, 0.5) is 5.69 Å². The number of esters is 4. The second-order valence-electron chi connectivity index (χ2n) is 8.22. The van der Waals surface area contributed by atoms with Crippen molar-refractivity contribution in [1.82, 2.24) is 5.43 Å². The molecule has 2 rings (SSSR count). The molecule has 1 heterocycles. The van der Waals surface area contributed by atoms with E-state index in [-0.39, 0.29) is 22.8 Å². The van der Waals surface area contributed by atoms with Crippen LogP contribution in [0.25, 0.3) is 0 Å². The number of benzene rings is 1. The van der Waals surface area contributed by atoms with E-state index in [9.17, 15) is 34.1 Å². The second-order valence-corrected chi connectivity index (χ2v) is 8.22. The Morgan fingerprint density at radius 2 is 1.57 bits per heavy atom. The van der Waals surface area contributed by atoms with Crippen LogP contribution in [0.1, 0.15) is 61.2 Å². The molecule has 0 aliphatic heterocycles. The lowest BCUT2D eigenvalue weighted by molar-refractivity contribution is -0.384. The third kappa shape index (κ3) is 9.34. The number of aryl methyl sites for hydroxylation is 1. The molecule has 0 radical (unpaired) electrons. The average Bonchev–Trinajstić information content (AvgIpc) is 3.25. The van der Waals surface area contributed by atoms with E-state index in [1.807, 2.05) is 0 Å². The number of hydrazone groups is 1. The highest BCUT2D eigenvalue weighted by Crippen LogP contribution is 2.31. The van der Waals surface area contributed by atoms with Crippen LogP contribution in [0.5, 0.6) is 0 Å². The molecule has 0 saturated carbocycles. The third-order valence-corrected chi connectivity index (χ3v) is 4.97. The van der Waals surface area contributed by atoms with Gasteiger partial charge in [0.25, 0.3) is 11.6 Å². The van der Waals surface area contributed by atoms with E-state index in [0.717, 1.165) is 27.7 Å². The van der Waals surface area contributed by atoms with Crippen molar-refractivity contribution in [2.45, 2.75) is 52.9 Å². The van der Waals surface area contributed by atoms with Crippen LogP contribution in [0, 0.1) is 17.0 Å². The fourth-order valence-electron chi connectivity index (χ4n) is 3.38. The van der Waals surface area contributed by atoms with Gasteiger partial charge >= 0.3 is 23.9 Å². The number of nitrogens with zero attached hydrogens (tertiary/aromatic N) is 2. The summed E-state index contributed by atoms with van der Waals surface area (Å²) in [6.45, 7) is 5.20. The summed E-state index contributed by atoms with van der Waals surface area (Å²) in [5.74, 6) is -4.01. The van der Waals surface area contributed by atoms with Crippen molar-refractivity contribution in [2.75, 3.05) is 6.61 Å². The summed E-state index contributed by atoms with van der Waals surface area (Å²) in [6, 6.07) is 6.63. The number of nitro groups is 1. The number of non-ortho nitro benzene ring substituents is 1. The zero-order valence-corrected chi connectivity index (χ0v) is 22.2. The SMILES string of the molecule is CC(=O)OC[C@@H](OC(C)=O)[C@H](OC(C)=O)[C@H](OC(C)=O)c1cc(C(=O)N/N=C/c2ccc([N+](=O)[O-])cc2)c(C)o1. The average molecular weight is 562 g/mol. The van der Waals surface area contributed by atoms with Crippen molar-refractivity contribution in [3.05, 3.63) is 63.1 Å². The molecule has 1 N–H and O–H groups in total. The monoisotopic (exact) mass is 561 g/mol. The van der Waals surface area contributed by atoms with Gasteiger partial charge in [-0.15, -0.1) is 0 Å². The smallest absolute Gasteiger partial charge is 0.303 e. The molecule has 0 unspecified atom stereocenters. The molecular weight excluding hydrogens is 534 g/mol. The maximum Gasteiger partial charge on any atom is 0.303 e. The molecule has 214 valence electrons. The summed E-state index contributed by atoms with van der Waals surface area (Å²) in [6.07, 6.45) is -3.21. The lowest BCUT2D eigenvalue weighted by Crippen LogP contribution is -2.43. The van der Waals surface area contributed by atoms with Crippen LogP contribution in [0.3, 0.4) is 0 Å². The molecule has 1 aromatic carbocycles. The fourth-order valence-corrected chi connectivity index (χ4v) is 3.38. The van der Waals surface area contributed by atoms with Crippen molar-refractivity contribution in [2.24, 2.45) is 5.10 Å². The molecule has 3 atom stereocenters. The maximum atomic E-state index is 12.8. The number of amides is 1. The van der Waals surface area contributed by atoms with Crippen molar-refractivity contribution in [3.63, 3.8) is 0 Å². The minimum atomic E-state index is -1.54. The highest BCUT2D eigenvalue weighted by molar-refractivity contribution is 5.96. The Balaban J connectivity index is 2.36. The summed E-state index contributed by atoms with van der Waals surface area (Å²) in [5, 5.41) is 14.6. The Hall–Kier alpha value is -5.08. The fraction of sp³-hybridized carbons (Fsp3) is 0.360. The van der Waals surface area contributed by atoms with Crippen LogP contribution < -0.4 is 5.43 Å². The van der Waals surface area contributed by atoms with E-state index in [0.29, 0.717) is 5.56 Å². The number of hydrogen-bond acceptors (Lipinski definition) is 13. The van der Waals surface area contributed by atoms with Gasteiger partial charge in [0.05, 0.1) is 16.7 Å². The first-order chi connectivity index (χ1) is 18.8. The Kier molecular flexibility index (Phi) is 11.0. The minimum absolute atomic E-state index is 0.0291. The summed E-state index contributed by atoms with van der Waals surface area (Å²) < 4.78 is 26.4. The van der Waals surface area contributed by atoms with Gasteiger partial charge in [-0.1, -0.05) is 0 Å². The van der Waals surface area contributed by atoms with Gasteiger partial charge in [0, 0.05) is 39.8 Å². The number of carbonyl (C=O) groups excluding carboxylic acids is 5. The normalized spacial score (nSPS) is 13.0. The third-order valence-electron chi connectivity index (χ3n) is 4.97. The standard InChI is InChI=1S/C25H27N3O12/c1-13-20(25(33)27-26-11-18-6-8-19(9-7-18)28(34)35)10-21(37-13)23(39-16(4)31)24(40-17(5)32)22(38-15(3)30)12-36-14(2)29/h6-11,22-24H,12H2,1-5H3,(H,27,33)/b26-11+/t22-,23-,24+/m1/s1. The van der Waals surface area contributed by atoms with Crippen molar-refractivity contribution >= 4 is 41.7 Å². The summed E-state index contributed by atoms with van der Waals surface area (Å²) in [5.41, 5.74) is 2.61. The van der Waals surface area contributed by atoms with E-state index < -0.39 is 59.6 Å². The van der Waals surface area contributed by atoms with E-state index in [1.54, 1.807) is 0 Å². The van der Waals surface area contributed by atoms with E-state index in [1.165, 1.54) is 43.5 Å². The number of ether oxygens (including phenoxy) is 4. The second kappa shape index (κ2) is 14.2. The largest absolute Gasteiger partial charge is 0.462 e. The predicted molar refractivity (Wildman–Crippen MR) is 134 cm³/mol. The van der Waals surface area contributed by atoms with Crippen molar-refractivity contribution in [1.29, 1.82) is 0 Å². The molecular formula is C25H27N3O12. The van der Waals surface area contributed by atoms with Crippen LogP contribution in [0.2, 0.25) is 0 Å². The number of nitrogens with one attached hydrogen (secondary N) is 1. The van der Waals surface area contributed by atoms with Crippen molar-refractivity contribution in [3.8, 4) is 0 Å². The zero-order chi connectivity index (χ0) is 30.0. The molecule has 40 heavy (non-hydrogen) atoms. The van der Waals surface area contributed by atoms with Gasteiger partial charge in [0.15, 0.2) is 18.3 Å². The molecule has 15 nitrogen and oxygen atoms in total. The van der Waals surface area contributed by atoms with E-state index in [4.69, 9.17) is 23.4 Å². The highest BCUT2D eigenvalue weighted by Gasteiger charge is 2.41. The Morgan fingerprint density at radius 1 is 0.975 bits per heavy atom. The van der Waals surface area contributed by atoms with Gasteiger partial charge in [0.1, 0.15) is 18.1 Å². The minimum Gasteiger partial charge on any atom is -0.462 e. The van der Waals surface area contributed by atoms with Gasteiger partial charge in [0.2, 0.25) is 0 Å². The first-order valence-electron chi connectivity index (χ1n) is 11.6. The van der Waals surface area contributed by atoms with Gasteiger partial charge in [-0.05, 0) is 30.7 Å². The maximum absolute atomic E-state index is 12.8. The van der Waals surface area contributed by atoms with Crippen molar-refractivity contribution < 1.29 is 52.3 Å². The first-order valence-corrected chi connectivity index (χ1v) is 11.6. The quantitative estimate of drug-likeness (QED) is 0.130. The molecule has 0 saturated heterocycles. The molecule has 0 aliphatic rings. The molecule has 15 heteroatoms. The molecule has 1 amide bonds. The van der Waals surface area contributed by atoms with Crippen LogP contribution >= 0.6 is 0 Å². The lowest BCUT2D eigenvalue weighted by atomic mass is 10.0. The molecule has 2 aromatic rings. The number of nitro benzene ring substituents is 1. The van der Waals surface area contributed by atoms with Crippen LogP contribution in [-0.4, -0.2) is 59.7 Å². The lowest BCUT2D eigenvalue weighted by Gasteiger charge is -2.30. The number of furan rings is 1. The van der Waals surface area contributed by atoms with Gasteiger partial charge in [-0.3, -0.25) is 34.1 Å². The Labute approximate surface area is 227 Å². The molecule has 0 aliphatic carbocycles. The van der Waals surface area contributed by atoms with Gasteiger partial charge in [-0.2, -0.15) is 5.10 Å². The van der Waals surface area contributed by atoms with E-state index in [2.05, 4.69) is 10.5 Å². The summed E-state index contributed by atoms with van der Waals surface area (Å²) in [7, 11) is 0. The first kappa shape index (κ1) is 31.1. The number of carbonyl (C=O) groups is 5. The van der Waals surface area contributed by atoms with Gasteiger partial charge < -0.3 is 23.4 Å². The zero-order valence-electron chi connectivity index (χ0n) is 22.2. The van der Waals surface area contributed by atoms with Crippen LogP contribution in [0.15, 0.2) is 39.9 Å². The summed E-state index contributed by atoms with van der Waals surface area (Å²) >= 11 is 0. The summed E-state index contributed by atoms with van der Waals surface area (Å²) in [4.78, 5) is 70.0. The molecule has 0 fully saturated rings. The highest BCUT2D eigenvalue weighted by atomic mass is 16.6. The van der Waals surface area contributed by atoms with Crippen LogP contribution in [-0.2, 0) is 38.1 Å². The topological polar surface area (TPSA) is 203 Å². The van der Waals surface area contributed by atoms with E-state index >= 15 is 0 Å². The Bertz CT molecular complexity index is 1300. The Morgan fingerprint density at radius 3 is 2.10 bits per heavy atom. The number of rotatable bonds is 12. The predicted octanol–water partition coefficient (Wildman–Crippen LogP) is 2.29. The number of hydrogen-bond donors (Lipinski definition) is 1.